The molecule has 0 saturated carbocycles. The molecule has 0 aliphatic carbocycles. The van der Waals surface area contributed by atoms with Gasteiger partial charge in [-0.25, -0.2) is 0 Å². The predicted octanol–water partition coefficient (Wildman–Crippen LogP) is 4.87. The summed E-state index contributed by atoms with van der Waals surface area (Å²) in [6.45, 7) is 6.51. The van der Waals surface area contributed by atoms with Crippen molar-refractivity contribution in [3.8, 4) is 0 Å². The van der Waals surface area contributed by atoms with Gasteiger partial charge in [0.25, 0.3) is 0 Å². The first-order valence-electron chi connectivity index (χ1n) is 7.18. The van der Waals surface area contributed by atoms with Crippen molar-refractivity contribution >= 4 is 10.9 Å². The Balaban J connectivity index is 2.20. The summed E-state index contributed by atoms with van der Waals surface area (Å²) >= 11 is 0. The Hall–Kier alpha value is -1.96. The van der Waals surface area contributed by atoms with E-state index in [4.69, 9.17) is 4.42 Å². The molecule has 3 rings (SSSR count). The molecule has 2 heterocycles. The number of nitrogens with zero attached hydrogens (tertiary/aromatic N) is 1. The Kier molecular flexibility index (Phi) is 3.17. The third kappa shape index (κ3) is 2.05. The van der Waals surface area contributed by atoms with Crippen LogP contribution < -0.4 is 0 Å². The lowest BCUT2D eigenvalue weighted by atomic mass is 9.86. The highest BCUT2D eigenvalue weighted by atomic mass is 16.3. The number of furan rings is 1. The van der Waals surface area contributed by atoms with Crippen LogP contribution >= 0.6 is 0 Å². The molecule has 0 amide bonds. The molecule has 0 radical (unpaired) electrons. The molecule has 1 unspecified atom stereocenters. The van der Waals surface area contributed by atoms with Crippen molar-refractivity contribution in [3.05, 3.63) is 59.7 Å². The molecule has 0 N–H and O–H groups in total. The number of hydrogen-bond acceptors (Lipinski definition) is 1. The van der Waals surface area contributed by atoms with Crippen LogP contribution in [0.2, 0.25) is 0 Å². The van der Waals surface area contributed by atoms with Gasteiger partial charge in [-0.3, -0.25) is 0 Å². The Morgan fingerprint density at radius 3 is 2.45 bits per heavy atom. The van der Waals surface area contributed by atoms with Gasteiger partial charge in [-0.1, -0.05) is 32.0 Å². The van der Waals surface area contributed by atoms with E-state index in [0.717, 1.165) is 11.5 Å². The van der Waals surface area contributed by atoms with Gasteiger partial charge in [-0.2, -0.15) is 0 Å². The van der Waals surface area contributed by atoms with Gasteiger partial charge in [0.05, 0.1) is 0 Å². The minimum atomic E-state index is 0.301. The average Bonchev–Trinajstić information content (AvgIpc) is 2.96. The van der Waals surface area contributed by atoms with E-state index in [2.05, 4.69) is 68.1 Å². The highest BCUT2D eigenvalue weighted by Crippen LogP contribution is 2.37. The van der Waals surface area contributed by atoms with Crippen molar-refractivity contribution in [1.82, 2.24) is 4.57 Å². The largest absolute Gasteiger partial charge is 0.466 e. The van der Waals surface area contributed by atoms with Crippen LogP contribution in [0.15, 0.2) is 47.0 Å². The lowest BCUT2D eigenvalue weighted by Gasteiger charge is -2.18. The van der Waals surface area contributed by atoms with E-state index in [1.807, 2.05) is 6.92 Å². The molecule has 1 atom stereocenters. The maximum atomic E-state index is 5.91. The monoisotopic (exact) mass is 267 g/mol. The van der Waals surface area contributed by atoms with Gasteiger partial charge in [-0.05, 0) is 36.6 Å². The molecule has 0 spiro atoms. The molecule has 3 aromatic rings. The summed E-state index contributed by atoms with van der Waals surface area (Å²) in [5.41, 5.74) is 2.63. The van der Waals surface area contributed by atoms with Crippen LogP contribution in [0.3, 0.4) is 0 Å². The Morgan fingerprint density at radius 2 is 1.80 bits per heavy atom. The Labute approximate surface area is 120 Å². The van der Waals surface area contributed by atoms with Crippen molar-refractivity contribution in [1.29, 1.82) is 0 Å². The molecule has 0 fully saturated rings. The molecule has 0 bridgehead atoms. The summed E-state index contributed by atoms with van der Waals surface area (Å²) in [5.74, 6) is 2.83. The third-order valence-corrected chi connectivity index (χ3v) is 4.00. The molecule has 2 aromatic heterocycles. The zero-order valence-electron chi connectivity index (χ0n) is 12.6. The second-order valence-corrected chi connectivity index (χ2v) is 5.88. The molecular weight excluding hydrogens is 246 g/mol. The van der Waals surface area contributed by atoms with Gasteiger partial charge < -0.3 is 8.98 Å². The minimum Gasteiger partial charge on any atom is -0.466 e. The minimum absolute atomic E-state index is 0.301. The molecule has 0 saturated heterocycles. The molecule has 2 heteroatoms. The molecule has 104 valence electrons. The summed E-state index contributed by atoms with van der Waals surface area (Å²) < 4.78 is 8.11. The number of aromatic nitrogens is 1. The van der Waals surface area contributed by atoms with Gasteiger partial charge >= 0.3 is 0 Å². The van der Waals surface area contributed by atoms with E-state index in [1.165, 1.54) is 16.5 Å². The van der Waals surface area contributed by atoms with Crippen LogP contribution in [0, 0.1) is 12.8 Å². The zero-order chi connectivity index (χ0) is 14.3. The second-order valence-electron chi connectivity index (χ2n) is 5.88. The normalized spacial score (nSPS) is 13.2. The first-order chi connectivity index (χ1) is 9.58. The first-order valence-corrected chi connectivity index (χ1v) is 7.18. The quantitative estimate of drug-likeness (QED) is 0.662. The van der Waals surface area contributed by atoms with Gasteiger partial charge in [-0.15, -0.1) is 0 Å². The number of aryl methyl sites for hydroxylation is 2. The maximum absolute atomic E-state index is 5.91. The predicted molar refractivity (Wildman–Crippen MR) is 83.0 cm³/mol. The topological polar surface area (TPSA) is 18.1 Å². The fraction of sp³-hybridized carbons (Fsp3) is 0.333. The highest BCUT2D eigenvalue weighted by Gasteiger charge is 2.24. The molecular formula is C18H21NO. The van der Waals surface area contributed by atoms with E-state index < -0.39 is 0 Å². The lowest BCUT2D eigenvalue weighted by Crippen LogP contribution is -2.07. The van der Waals surface area contributed by atoms with Crippen molar-refractivity contribution < 1.29 is 4.42 Å². The van der Waals surface area contributed by atoms with Crippen LogP contribution in [0.25, 0.3) is 10.9 Å². The second kappa shape index (κ2) is 4.86. The summed E-state index contributed by atoms with van der Waals surface area (Å²) in [4.78, 5) is 0. The highest BCUT2D eigenvalue weighted by molar-refractivity contribution is 5.84. The SMILES string of the molecule is Cc1ccc(C(c2cn(C)c3ccccc23)C(C)C)o1. The van der Waals surface area contributed by atoms with Crippen molar-refractivity contribution in [3.63, 3.8) is 0 Å². The van der Waals surface area contributed by atoms with Gasteiger partial charge in [0.15, 0.2) is 0 Å². The van der Waals surface area contributed by atoms with E-state index in [-0.39, 0.29) is 0 Å². The molecule has 1 aromatic carbocycles. The fourth-order valence-corrected chi connectivity index (χ4v) is 3.08. The number of benzene rings is 1. The van der Waals surface area contributed by atoms with Crippen LogP contribution in [0.1, 0.15) is 36.8 Å². The van der Waals surface area contributed by atoms with Crippen LogP contribution in [0.5, 0.6) is 0 Å². The molecule has 0 aliphatic heterocycles. The van der Waals surface area contributed by atoms with Crippen LogP contribution in [-0.2, 0) is 7.05 Å². The van der Waals surface area contributed by atoms with Crippen molar-refractivity contribution in [2.75, 3.05) is 0 Å². The average molecular weight is 267 g/mol. The van der Waals surface area contributed by atoms with Crippen molar-refractivity contribution in [2.45, 2.75) is 26.7 Å². The van der Waals surface area contributed by atoms with Gasteiger partial charge in [0.1, 0.15) is 11.5 Å². The van der Waals surface area contributed by atoms with E-state index in [1.54, 1.807) is 0 Å². The standard InChI is InChI=1S/C18H21NO/c1-12(2)18(17-10-9-13(3)20-17)15-11-19(4)16-8-6-5-7-14(15)16/h5-12,18H,1-4H3. The number of fused-ring (bicyclic) bond motifs is 1. The fourth-order valence-electron chi connectivity index (χ4n) is 3.08. The zero-order valence-corrected chi connectivity index (χ0v) is 12.6. The summed E-state index contributed by atoms with van der Waals surface area (Å²) in [6, 6.07) is 12.7. The first kappa shape index (κ1) is 13.0. The van der Waals surface area contributed by atoms with Crippen molar-refractivity contribution in [2.24, 2.45) is 13.0 Å². The molecule has 20 heavy (non-hydrogen) atoms. The molecule has 2 nitrogen and oxygen atoms in total. The third-order valence-electron chi connectivity index (χ3n) is 4.00. The van der Waals surface area contributed by atoms with E-state index >= 15 is 0 Å². The number of rotatable bonds is 3. The Morgan fingerprint density at radius 1 is 1.05 bits per heavy atom. The van der Waals surface area contributed by atoms with Gasteiger partial charge in [0, 0.05) is 30.1 Å². The molecule has 0 aliphatic rings. The Bertz CT molecular complexity index is 733. The van der Waals surface area contributed by atoms with E-state index in [9.17, 15) is 0 Å². The van der Waals surface area contributed by atoms with Crippen LogP contribution in [-0.4, -0.2) is 4.57 Å². The van der Waals surface area contributed by atoms with E-state index in [0.29, 0.717) is 11.8 Å². The smallest absolute Gasteiger partial charge is 0.111 e. The summed E-state index contributed by atoms with van der Waals surface area (Å²) in [7, 11) is 2.11. The number of hydrogen-bond donors (Lipinski definition) is 0. The van der Waals surface area contributed by atoms with Crippen LogP contribution in [0.4, 0.5) is 0 Å². The number of para-hydroxylation sites is 1. The maximum Gasteiger partial charge on any atom is 0.111 e. The summed E-state index contributed by atoms with van der Waals surface area (Å²) in [6.07, 6.45) is 2.24. The van der Waals surface area contributed by atoms with Gasteiger partial charge in [0.2, 0.25) is 0 Å². The lowest BCUT2D eigenvalue weighted by molar-refractivity contribution is 0.418. The summed E-state index contributed by atoms with van der Waals surface area (Å²) in [5, 5.41) is 1.32.